The lowest BCUT2D eigenvalue weighted by molar-refractivity contribution is 0.506. The number of fused-ring (bicyclic) bond motifs is 1. The highest BCUT2D eigenvalue weighted by Crippen LogP contribution is 2.22. The molecule has 0 radical (unpaired) electrons. The highest BCUT2D eigenvalue weighted by atomic mass is 19.2. The SMILES string of the molecule is Fc1cccc(C#Cc2ccc(-c3cn4c(n3)CCCC4)cc2)c1F. The molecule has 2 aromatic carbocycles. The van der Waals surface area contributed by atoms with Gasteiger partial charge < -0.3 is 4.57 Å². The summed E-state index contributed by atoms with van der Waals surface area (Å²) in [6.07, 6.45) is 5.52. The summed E-state index contributed by atoms with van der Waals surface area (Å²) < 4.78 is 29.0. The van der Waals surface area contributed by atoms with Crippen molar-refractivity contribution in [2.24, 2.45) is 0 Å². The van der Waals surface area contributed by atoms with E-state index in [1.165, 1.54) is 25.0 Å². The van der Waals surface area contributed by atoms with Crippen LogP contribution in [0.4, 0.5) is 8.78 Å². The van der Waals surface area contributed by atoms with Crippen molar-refractivity contribution in [2.45, 2.75) is 25.8 Å². The van der Waals surface area contributed by atoms with Crippen LogP contribution in [-0.2, 0) is 13.0 Å². The number of aryl methyl sites for hydroxylation is 2. The smallest absolute Gasteiger partial charge is 0.174 e. The summed E-state index contributed by atoms with van der Waals surface area (Å²) in [6, 6.07) is 11.7. The summed E-state index contributed by atoms with van der Waals surface area (Å²) in [5, 5.41) is 0. The van der Waals surface area contributed by atoms with Gasteiger partial charge in [-0.2, -0.15) is 0 Å². The average molecular weight is 334 g/mol. The summed E-state index contributed by atoms with van der Waals surface area (Å²) in [4.78, 5) is 4.70. The Morgan fingerprint density at radius 3 is 2.60 bits per heavy atom. The molecule has 2 heterocycles. The molecule has 0 fully saturated rings. The third kappa shape index (κ3) is 3.18. The number of halogens is 2. The molecular formula is C21H16F2N2. The van der Waals surface area contributed by atoms with Crippen LogP contribution in [-0.4, -0.2) is 9.55 Å². The quantitative estimate of drug-likeness (QED) is 0.596. The van der Waals surface area contributed by atoms with Crippen LogP contribution in [0.5, 0.6) is 0 Å². The maximum Gasteiger partial charge on any atom is 0.174 e. The molecule has 1 aromatic heterocycles. The van der Waals surface area contributed by atoms with E-state index in [4.69, 9.17) is 4.98 Å². The topological polar surface area (TPSA) is 17.8 Å². The second-order valence-electron chi connectivity index (χ2n) is 6.12. The fourth-order valence-corrected chi connectivity index (χ4v) is 3.02. The Morgan fingerprint density at radius 2 is 1.80 bits per heavy atom. The molecule has 0 unspecified atom stereocenters. The molecule has 124 valence electrons. The molecule has 25 heavy (non-hydrogen) atoms. The summed E-state index contributed by atoms with van der Waals surface area (Å²) in [7, 11) is 0. The van der Waals surface area contributed by atoms with Crippen LogP contribution in [0.15, 0.2) is 48.7 Å². The van der Waals surface area contributed by atoms with Gasteiger partial charge in [-0.15, -0.1) is 0 Å². The van der Waals surface area contributed by atoms with Gasteiger partial charge >= 0.3 is 0 Å². The normalized spacial score (nSPS) is 13.0. The summed E-state index contributed by atoms with van der Waals surface area (Å²) >= 11 is 0. The van der Waals surface area contributed by atoms with E-state index in [2.05, 4.69) is 22.6 Å². The lowest BCUT2D eigenvalue weighted by Crippen LogP contribution is -2.08. The lowest BCUT2D eigenvalue weighted by atomic mass is 10.1. The maximum absolute atomic E-state index is 13.6. The highest BCUT2D eigenvalue weighted by Gasteiger charge is 2.13. The third-order valence-electron chi connectivity index (χ3n) is 4.38. The largest absolute Gasteiger partial charge is 0.334 e. The fraction of sp³-hybridized carbons (Fsp3) is 0.190. The molecule has 0 saturated heterocycles. The molecule has 0 spiro atoms. The third-order valence-corrected chi connectivity index (χ3v) is 4.38. The van der Waals surface area contributed by atoms with Crippen LogP contribution in [0, 0.1) is 23.5 Å². The molecular weight excluding hydrogens is 318 g/mol. The molecule has 0 bridgehead atoms. The van der Waals surface area contributed by atoms with Gasteiger partial charge in [0.25, 0.3) is 0 Å². The Labute approximate surface area is 145 Å². The number of benzene rings is 2. The number of nitrogens with zero attached hydrogens (tertiary/aromatic N) is 2. The van der Waals surface area contributed by atoms with Gasteiger partial charge in [-0.25, -0.2) is 13.8 Å². The van der Waals surface area contributed by atoms with E-state index in [0.717, 1.165) is 41.7 Å². The van der Waals surface area contributed by atoms with Crippen LogP contribution >= 0.6 is 0 Å². The second kappa shape index (κ2) is 6.52. The standard InChI is InChI=1S/C21H16F2N2/c22-18-5-3-4-17(21(18)23)12-9-15-7-10-16(11-8-15)19-14-25-13-2-1-6-20(25)24-19/h3-5,7-8,10-11,14H,1-2,6,13H2. The predicted molar refractivity (Wildman–Crippen MR) is 92.9 cm³/mol. The van der Waals surface area contributed by atoms with E-state index in [-0.39, 0.29) is 5.56 Å². The first kappa shape index (κ1) is 15.6. The molecule has 0 amide bonds. The van der Waals surface area contributed by atoms with E-state index < -0.39 is 11.6 Å². The molecule has 0 aliphatic carbocycles. The molecule has 4 heteroatoms. The molecule has 1 aliphatic heterocycles. The van der Waals surface area contributed by atoms with Crippen LogP contribution in [0.25, 0.3) is 11.3 Å². The number of imidazole rings is 1. The molecule has 2 nitrogen and oxygen atoms in total. The van der Waals surface area contributed by atoms with Gasteiger partial charge in [-0.1, -0.05) is 30.0 Å². The van der Waals surface area contributed by atoms with E-state index in [1.807, 2.05) is 24.3 Å². The maximum atomic E-state index is 13.6. The van der Waals surface area contributed by atoms with Crippen molar-refractivity contribution >= 4 is 0 Å². The van der Waals surface area contributed by atoms with E-state index in [1.54, 1.807) is 0 Å². The Balaban J connectivity index is 1.58. The Hall–Kier alpha value is -2.93. The Bertz CT molecular complexity index is 952. The molecule has 0 atom stereocenters. The zero-order valence-corrected chi connectivity index (χ0v) is 13.6. The predicted octanol–water partition coefficient (Wildman–Crippen LogP) is 4.56. The van der Waals surface area contributed by atoms with Gasteiger partial charge in [0.05, 0.1) is 11.3 Å². The number of aromatic nitrogens is 2. The minimum Gasteiger partial charge on any atom is -0.334 e. The number of hydrogen-bond donors (Lipinski definition) is 0. The van der Waals surface area contributed by atoms with Crippen molar-refractivity contribution in [1.29, 1.82) is 0 Å². The van der Waals surface area contributed by atoms with Crippen LogP contribution < -0.4 is 0 Å². The summed E-state index contributed by atoms with van der Waals surface area (Å²) in [5.41, 5.74) is 2.80. The first-order chi connectivity index (χ1) is 12.2. The molecule has 0 N–H and O–H groups in total. The van der Waals surface area contributed by atoms with Crippen molar-refractivity contribution in [3.8, 4) is 23.1 Å². The average Bonchev–Trinajstić information content (AvgIpc) is 3.07. The van der Waals surface area contributed by atoms with Gasteiger partial charge in [0.2, 0.25) is 0 Å². The number of rotatable bonds is 1. The first-order valence-corrected chi connectivity index (χ1v) is 8.33. The summed E-state index contributed by atoms with van der Waals surface area (Å²) in [5.74, 6) is 4.91. The van der Waals surface area contributed by atoms with Crippen LogP contribution in [0.2, 0.25) is 0 Å². The van der Waals surface area contributed by atoms with Gasteiger partial charge in [0.15, 0.2) is 11.6 Å². The molecule has 3 aromatic rings. The van der Waals surface area contributed by atoms with Gasteiger partial charge in [-0.05, 0) is 37.1 Å². The van der Waals surface area contributed by atoms with E-state index in [0.29, 0.717) is 0 Å². The van der Waals surface area contributed by atoms with E-state index in [9.17, 15) is 8.78 Å². The minimum atomic E-state index is -0.907. The second-order valence-corrected chi connectivity index (χ2v) is 6.12. The monoisotopic (exact) mass is 334 g/mol. The van der Waals surface area contributed by atoms with Crippen molar-refractivity contribution in [3.05, 3.63) is 77.2 Å². The van der Waals surface area contributed by atoms with E-state index >= 15 is 0 Å². The minimum absolute atomic E-state index is 0.0610. The first-order valence-electron chi connectivity index (χ1n) is 8.33. The van der Waals surface area contributed by atoms with Gasteiger partial charge in [-0.3, -0.25) is 0 Å². The molecule has 0 saturated carbocycles. The summed E-state index contributed by atoms with van der Waals surface area (Å²) in [6.45, 7) is 1.03. The van der Waals surface area contributed by atoms with Crippen LogP contribution in [0.1, 0.15) is 29.8 Å². The lowest BCUT2D eigenvalue weighted by Gasteiger charge is -2.11. The van der Waals surface area contributed by atoms with Gasteiger partial charge in [0, 0.05) is 30.3 Å². The van der Waals surface area contributed by atoms with Gasteiger partial charge in [0.1, 0.15) is 5.82 Å². The van der Waals surface area contributed by atoms with Crippen molar-refractivity contribution in [1.82, 2.24) is 9.55 Å². The highest BCUT2D eigenvalue weighted by molar-refractivity contribution is 5.60. The van der Waals surface area contributed by atoms with Crippen molar-refractivity contribution in [3.63, 3.8) is 0 Å². The van der Waals surface area contributed by atoms with Crippen molar-refractivity contribution in [2.75, 3.05) is 0 Å². The number of hydrogen-bond acceptors (Lipinski definition) is 1. The molecule has 4 rings (SSSR count). The van der Waals surface area contributed by atoms with Crippen LogP contribution in [0.3, 0.4) is 0 Å². The molecule has 1 aliphatic rings. The Kier molecular flexibility index (Phi) is 4.07. The Morgan fingerprint density at radius 1 is 0.960 bits per heavy atom. The zero-order chi connectivity index (χ0) is 17.2. The van der Waals surface area contributed by atoms with Crippen molar-refractivity contribution < 1.29 is 8.78 Å². The zero-order valence-electron chi connectivity index (χ0n) is 13.6. The fourth-order valence-electron chi connectivity index (χ4n) is 3.02.